The number of rotatable bonds is 12. The Morgan fingerprint density at radius 1 is 0.950 bits per heavy atom. The van der Waals surface area contributed by atoms with Crippen LogP contribution in [-0.2, 0) is 20.8 Å². The van der Waals surface area contributed by atoms with Gasteiger partial charge in [0.1, 0.15) is 0 Å². The van der Waals surface area contributed by atoms with E-state index in [0.717, 1.165) is 43.2 Å². The normalized spacial score (nSPS) is 19.4. The molecular weight excluding hydrogens is 498 g/mol. The Morgan fingerprint density at radius 2 is 1.68 bits per heavy atom. The molecule has 2 aromatic rings. The zero-order valence-corrected chi connectivity index (χ0v) is 24.0. The number of carbonyl (C=O) groups excluding carboxylic acids is 3. The smallest absolute Gasteiger partial charge is 0.244 e. The highest BCUT2D eigenvalue weighted by molar-refractivity contribution is 5.92. The number of nitrogens with one attached hydrogen (secondary N) is 3. The Kier molecular flexibility index (Phi) is 11.0. The van der Waals surface area contributed by atoms with Gasteiger partial charge in [-0.1, -0.05) is 87.7 Å². The summed E-state index contributed by atoms with van der Waals surface area (Å²) in [6, 6.07) is 17.9. The monoisotopic (exact) mass is 543 g/mol. The lowest BCUT2D eigenvalue weighted by molar-refractivity contribution is -0.125. The van der Waals surface area contributed by atoms with Crippen LogP contribution in [0, 0.1) is 11.8 Å². The van der Waals surface area contributed by atoms with Gasteiger partial charge in [0, 0.05) is 37.0 Å². The summed E-state index contributed by atoms with van der Waals surface area (Å²) in [7, 11) is 0. The molecule has 1 aliphatic heterocycles. The molecule has 40 heavy (non-hydrogen) atoms. The Labute approximate surface area is 239 Å². The molecule has 1 saturated carbocycles. The zero-order valence-electron chi connectivity index (χ0n) is 24.0. The number of amides is 3. The first-order valence-corrected chi connectivity index (χ1v) is 15.1. The minimum Gasteiger partial charge on any atom is -0.356 e. The average Bonchev–Trinajstić information content (AvgIpc) is 3.36. The van der Waals surface area contributed by atoms with Crippen LogP contribution in [0.5, 0.6) is 0 Å². The predicted molar refractivity (Wildman–Crippen MR) is 160 cm³/mol. The summed E-state index contributed by atoms with van der Waals surface area (Å²) in [4.78, 5) is 38.7. The van der Waals surface area contributed by atoms with Gasteiger partial charge in [-0.2, -0.15) is 0 Å². The molecule has 3 N–H and O–H groups in total. The van der Waals surface area contributed by atoms with Crippen molar-refractivity contribution in [3.05, 3.63) is 77.4 Å². The molecule has 4 rings (SSSR count). The first-order valence-electron chi connectivity index (χ1n) is 15.1. The molecule has 6 nitrogen and oxygen atoms in total. The van der Waals surface area contributed by atoms with Gasteiger partial charge in [-0.25, -0.2) is 0 Å². The van der Waals surface area contributed by atoms with Gasteiger partial charge >= 0.3 is 0 Å². The number of hydrogen-bond acceptors (Lipinski definition) is 3. The molecule has 0 bridgehead atoms. The van der Waals surface area contributed by atoms with E-state index in [9.17, 15) is 14.4 Å². The van der Waals surface area contributed by atoms with Crippen LogP contribution in [0.2, 0.25) is 0 Å². The van der Waals surface area contributed by atoms with Gasteiger partial charge in [0.25, 0.3) is 0 Å². The third-order valence-electron chi connectivity index (χ3n) is 8.40. The quantitative estimate of drug-likeness (QED) is 0.308. The highest BCUT2D eigenvalue weighted by atomic mass is 16.2. The van der Waals surface area contributed by atoms with Gasteiger partial charge in [-0.3, -0.25) is 14.4 Å². The molecule has 6 heteroatoms. The largest absolute Gasteiger partial charge is 0.356 e. The second-order valence-electron chi connectivity index (χ2n) is 11.8. The zero-order chi connectivity index (χ0) is 28.3. The summed E-state index contributed by atoms with van der Waals surface area (Å²) in [6.45, 7) is 5.05. The molecule has 2 aliphatic rings. The van der Waals surface area contributed by atoms with Gasteiger partial charge in [0.15, 0.2) is 0 Å². The van der Waals surface area contributed by atoms with Gasteiger partial charge in [-0.15, -0.1) is 0 Å². The van der Waals surface area contributed by atoms with Gasteiger partial charge < -0.3 is 16.0 Å². The van der Waals surface area contributed by atoms with Gasteiger partial charge in [0.2, 0.25) is 17.7 Å². The van der Waals surface area contributed by atoms with E-state index in [4.69, 9.17) is 0 Å². The van der Waals surface area contributed by atoms with Crippen LogP contribution in [-0.4, -0.2) is 36.3 Å². The molecule has 1 aliphatic carbocycles. The van der Waals surface area contributed by atoms with E-state index >= 15 is 0 Å². The first-order chi connectivity index (χ1) is 19.4. The molecule has 1 heterocycles. The predicted octanol–water partition coefficient (Wildman–Crippen LogP) is 5.53. The summed E-state index contributed by atoms with van der Waals surface area (Å²) >= 11 is 0. The van der Waals surface area contributed by atoms with Crippen LogP contribution >= 0.6 is 0 Å². The standard InChI is InChI=1S/C34H45N3O3/c1-24(2)27-16-13-26(14-17-27)21-30(22-29-19-20-35-34(29)40)36-33(39)23-31(28-11-7-4-8-12-28)37-32(38)18-15-25-9-5-3-6-10-25/h3,5-6,9-10,13-18,24,28-31H,4,7-8,11-12,19-23H2,1-2H3,(H,35,40)(H,36,39)(H,37,38)/t29-,30+,31-/m0/s1. The topological polar surface area (TPSA) is 87.3 Å². The maximum atomic E-state index is 13.5. The molecule has 3 amide bonds. The van der Waals surface area contributed by atoms with E-state index in [0.29, 0.717) is 25.3 Å². The van der Waals surface area contributed by atoms with E-state index in [1.54, 1.807) is 12.2 Å². The molecule has 3 atom stereocenters. The Hall–Kier alpha value is -3.41. The lowest BCUT2D eigenvalue weighted by Crippen LogP contribution is -2.46. The molecule has 1 saturated heterocycles. The van der Waals surface area contributed by atoms with Gasteiger partial charge in [0.05, 0.1) is 0 Å². The first kappa shape index (κ1) is 29.6. The molecular formula is C34H45N3O3. The lowest BCUT2D eigenvalue weighted by atomic mass is 9.82. The van der Waals surface area contributed by atoms with Crippen LogP contribution in [0.4, 0.5) is 0 Å². The van der Waals surface area contributed by atoms with Crippen LogP contribution in [0.1, 0.15) is 87.8 Å². The third kappa shape index (κ3) is 9.07. The van der Waals surface area contributed by atoms with Crippen LogP contribution in [0.3, 0.4) is 0 Å². The third-order valence-corrected chi connectivity index (χ3v) is 8.40. The van der Waals surface area contributed by atoms with E-state index in [-0.39, 0.29) is 48.1 Å². The van der Waals surface area contributed by atoms with Crippen LogP contribution in [0.15, 0.2) is 60.7 Å². The van der Waals surface area contributed by atoms with Crippen molar-refractivity contribution in [3.63, 3.8) is 0 Å². The van der Waals surface area contributed by atoms with E-state index in [2.05, 4.69) is 54.1 Å². The Morgan fingerprint density at radius 3 is 2.33 bits per heavy atom. The SMILES string of the molecule is CC(C)c1ccc(C[C@H](C[C@@H]2CCNC2=O)NC(=O)C[C@H](NC(=O)C=Cc2ccccc2)C2CCCCC2)cc1. The molecule has 0 unspecified atom stereocenters. The van der Waals surface area contributed by atoms with Crippen LogP contribution < -0.4 is 16.0 Å². The molecule has 0 spiro atoms. The van der Waals surface area contributed by atoms with Gasteiger partial charge in [-0.05, 0) is 66.7 Å². The van der Waals surface area contributed by atoms with Crippen molar-refractivity contribution >= 4 is 23.8 Å². The van der Waals surface area contributed by atoms with E-state index < -0.39 is 0 Å². The maximum Gasteiger partial charge on any atom is 0.244 e. The van der Waals surface area contributed by atoms with Crippen molar-refractivity contribution in [1.82, 2.24) is 16.0 Å². The Bertz CT molecular complexity index is 1140. The molecule has 0 aromatic heterocycles. The fourth-order valence-corrected chi connectivity index (χ4v) is 6.06. The molecule has 2 aromatic carbocycles. The second-order valence-corrected chi connectivity index (χ2v) is 11.8. The molecule has 0 radical (unpaired) electrons. The fourth-order valence-electron chi connectivity index (χ4n) is 6.06. The van der Waals surface area contributed by atoms with Crippen LogP contribution in [0.25, 0.3) is 6.08 Å². The molecule has 214 valence electrons. The molecule has 2 fully saturated rings. The lowest BCUT2D eigenvalue weighted by Gasteiger charge is -2.31. The minimum absolute atomic E-state index is 0.0647. The van der Waals surface area contributed by atoms with Crippen molar-refractivity contribution in [3.8, 4) is 0 Å². The van der Waals surface area contributed by atoms with E-state index in [1.165, 1.54) is 12.0 Å². The van der Waals surface area contributed by atoms with Crippen molar-refractivity contribution in [2.45, 2.75) is 89.6 Å². The number of hydrogen-bond donors (Lipinski definition) is 3. The van der Waals surface area contributed by atoms with Crippen molar-refractivity contribution in [1.29, 1.82) is 0 Å². The average molecular weight is 544 g/mol. The van der Waals surface area contributed by atoms with Crippen molar-refractivity contribution < 1.29 is 14.4 Å². The summed E-state index contributed by atoms with van der Waals surface area (Å²) in [5, 5.41) is 9.35. The number of carbonyl (C=O) groups is 3. The maximum absolute atomic E-state index is 13.5. The summed E-state index contributed by atoms with van der Waals surface area (Å²) in [5.74, 6) is 0.503. The Balaban J connectivity index is 1.42. The highest BCUT2D eigenvalue weighted by Gasteiger charge is 2.30. The fraction of sp³-hybridized carbons (Fsp3) is 0.500. The van der Waals surface area contributed by atoms with Crippen molar-refractivity contribution in [2.24, 2.45) is 11.8 Å². The van der Waals surface area contributed by atoms with E-state index in [1.807, 2.05) is 30.3 Å². The summed E-state index contributed by atoms with van der Waals surface area (Å²) < 4.78 is 0. The highest BCUT2D eigenvalue weighted by Crippen LogP contribution is 2.28. The van der Waals surface area contributed by atoms with Crippen molar-refractivity contribution in [2.75, 3.05) is 6.54 Å². The number of benzene rings is 2. The minimum atomic E-state index is -0.214. The summed E-state index contributed by atoms with van der Waals surface area (Å²) in [6.07, 6.45) is 11.2. The second kappa shape index (κ2) is 14.8. The summed E-state index contributed by atoms with van der Waals surface area (Å²) in [5.41, 5.74) is 3.40.